The number of aryl methyl sites for hydroxylation is 2. The second-order valence-electron chi connectivity index (χ2n) is 27.1. The number of halogens is 5. The van der Waals surface area contributed by atoms with Gasteiger partial charge in [-0.1, -0.05) is 279 Å². The van der Waals surface area contributed by atoms with Crippen LogP contribution in [-0.2, 0) is 38.2 Å². The Labute approximate surface area is 726 Å². The van der Waals surface area contributed by atoms with E-state index in [1.54, 1.807) is 76.1 Å². The highest BCUT2D eigenvalue weighted by atomic mass is 35.5. The first kappa shape index (κ1) is 89.9. The minimum atomic E-state index is -4.47. The number of rotatable bonds is 32. The van der Waals surface area contributed by atoms with Gasteiger partial charge in [-0.05, 0) is 167 Å². The van der Waals surface area contributed by atoms with Crippen molar-refractivity contribution in [1.29, 1.82) is 0 Å². The van der Waals surface area contributed by atoms with Crippen molar-refractivity contribution >= 4 is 116 Å². The van der Waals surface area contributed by atoms with Crippen LogP contribution in [0.25, 0.3) is 45.8 Å². The summed E-state index contributed by atoms with van der Waals surface area (Å²) in [5, 5.41) is 87.7. The average Bonchev–Trinajstić information content (AvgIpc) is 1.67. The molecule has 4 heterocycles. The third-order valence-corrected chi connectivity index (χ3v) is 22.9. The first-order valence-corrected chi connectivity index (χ1v) is 41.9. The molecule has 33 heteroatoms. The number of ketones is 4. The number of nitrogens with zero attached hydrogens (tertiary/aromatic N) is 16. The number of benzene rings is 10. The van der Waals surface area contributed by atoms with Gasteiger partial charge in [0, 0.05) is 59.8 Å². The number of alkyl halides is 3. The molecule has 0 aliphatic heterocycles. The van der Waals surface area contributed by atoms with Gasteiger partial charge >= 0.3 is 6.18 Å². The largest absolute Gasteiger partial charge is 0.508 e. The van der Waals surface area contributed by atoms with Crippen molar-refractivity contribution in [3.05, 3.63) is 357 Å². The van der Waals surface area contributed by atoms with E-state index in [4.69, 9.17) is 23.2 Å². The number of Topliss-reactive ketones (excluding diaryl/α,β-unsaturated/α-hetero) is 4. The van der Waals surface area contributed by atoms with Crippen molar-refractivity contribution in [2.45, 2.75) is 78.2 Å². The first-order chi connectivity index (χ1) is 58.7. The standard InChI is InChI=1S/C25H21ClN4O2S.C25H22N4O2S.C20H20N4O2S.C19H14ClF3N4O2S/c1-17(31)22-14-20(12-13-24(22)26)30-25(27-28-29-30)33-16-21(32)15-23(18-8-4-2-5-9-18)19-10-6-3-7-11-19;1-18(30)21-13-8-14-22(15-21)29-25(26-27-28-29)32-17-23(31)16-24(19-9-4-2-5-10-19)20-11-6-3-7-12-20;1-13-7-8-16(9-14(13)2)10-19(26)12-27-20-21-22-23-24(20)18-6-4-5-17(11-18)15(3)25;1-11(28)16-9-14(5-6-17(16)20)27-18(24-25-26-27)30-10-15(29)8-12-3-2-4-13(7-12)19(21,22)23/h2-14,23,31H,1,15-16H2;2-15,24,30H,1,16-17H2;4-9,11,25H,3,10,12H2,1-2H3;2-7,9,28H,1,8,10H2. The van der Waals surface area contributed by atoms with Gasteiger partial charge in [-0.2, -0.15) is 31.9 Å². The Hall–Kier alpha value is -12.9. The summed E-state index contributed by atoms with van der Waals surface area (Å²) >= 11 is 17.0. The van der Waals surface area contributed by atoms with E-state index in [1.165, 1.54) is 74.0 Å². The third kappa shape index (κ3) is 25.3. The van der Waals surface area contributed by atoms with E-state index in [9.17, 15) is 52.8 Å². The van der Waals surface area contributed by atoms with Crippen LogP contribution in [0.15, 0.2) is 296 Å². The number of hydrogen-bond donors (Lipinski definition) is 4. The van der Waals surface area contributed by atoms with Crippen LogP contribution in [0.4, 0.5) is 13.2 Å². The molecule has 0 atom stereocenters. The van der Waals surface area contributed by atoms with Crippen molar-refractivity contribution in [3.63, 3.8) is 0 Å². The lowest BCUT2D eigenvalue weighted by molar-refractivity contribution is -0.137. The molecule has 0 radical (unpaired) electrons. The Morgan fingerprint density at radius 3 is 1.02 bits per heavy atom. The van der Waals surface area contributed by atoms with E-state index in [-0.39, 0.29) is 93.0 Å². The average molecular weight is 1750 g/mol. The van der Waals surface area contributed by atoms with Gasteiger partial charge in [0.2, 0.25) is 20.6 Å². The SMILES string of the molecule is C=C(O)c1cc(-n2nnnc2SCC(=O)CC(c2ccccc2)c2ccccc2)ccc1Cl.C=C(O)c1cc(-n2nnnc2SCC(=O)Cc2cccc(C(F)(F)F)c2)ccc1Cl.C=C(O)c1cccc(-n2nnnc2SCC(=O)CC(c2ccccc2)c2ccccc2)c1.C=C(O)c1cccc(-n2nnnc2SCC(=O)Cc2ccc(C)c(C)c2)c1. The fraction of sp³-hybridized carbons (Fsp3) is 0.146. The van der Waals surface area contributed by atoms with Crippen molar-refractivity contribution in [2.75, 3.05) is 23.0 Å². The number of tetrazole rings is 4. The van der Waals surface area contributed by atoms with Gasteiger partial charge in [-0.25, -0.2) is 0 Å². The maximum Gasteiger partial charge on any atom is 0.416 e. The molecule has 0 unspecified atom stereocenters. The van der Waals surface area contributed by atoms with Crippen LogP contribution in [0.1, 0.15) is 97.0 Å². The lowest BCUT2D eigenvalue weighted by Crippen LogP contribution is -2.11. The highest BCUT2D eigenvalue weighted by Gasteiger charge is 2.31. The smallest absolute Gasteiger partial charge is 0.416 e. The highest BCUT2D eigenvalue weighted by Crippen LogP contribution is 2.35. The molecule has 4 N–H and O–H groups in total. The Balaban J connectivity index is 0.000000159. The van der Waals surface area contributed by atoms with Gasteiger partial charge in [-0.3, -0.25) is 19.2 Å². The molecule has 14 rings (SSSR count). The second kappa shape index (κ2) is 43.4. The number of aliphatic hydroxyl groups is 4. The van der Waals surface area contributed by atoms with E-state index in [0.717, 1.165) is 51.7 Å². The molecule has 0 fully saturated rings. The molecule has 14 aromatic rings. The summed E-state index contributed by atoms with van der Waals surface area (Å²) in [6.07, 6.45) is -3.46. The van der Waals surface area contributed by atoms with Crippen LogP contribution >= 0.6 is 70.2 Å². The van der Waals surface area contributed by atoms with Crippen LogP contribution in [-0.4, -0.2) is 147 Å². The van der Waals surface area contributed by atoms with Gasteiger partial charge in [0.05, 0.1) is 61.4 Å². The minimum Gasteiger partial charge on any atom is -0.508 e. The predicted molar refractivity (Wildman–Crippen MR) is 470 cm³/mol. The summed E-state index contributed by atoms with van der Waals surface area (Å²) in [7, 11) is 0. The van der Waals surface area contributed by atoms with Gasteiger partial charge in [0.25, 0.3) is 0 Å². The fourth-order valence-electron chi connectivity index (χ4n) is 12.2. The number of carbonyl (C=O) groups is 4. The molecule has 122 heavy (non-hydrogen) atoms. The zero-order valence-corrected chi connectivity index (χ0v) is 70.2. The van der Waals surface area contributed by atoms with Crippen molar-refractivity contribution in [1.82, 2.24) is 80.8 Å². The van der Waals surface area contributed by atoms with E-state index >= 15 is 0 Å². The van der Waals surface area contributed by atoms with Gasteiger partial charge in [0.15, 0.2) is 0 Å². The van der Waals surface area contributed by atoms with Crippen LogP contribution in [0.3, 0.4) is 0 Å². The molecule has 0 aliphatic rings. The number of aromatic nitrogens is 16. The van der Waals surface area contributed by atoms with Crippen LogP contribution in [0.2, 0.25) is 10.0 Å². The summed E-state index contributed by atoms with van der Waals surface area (Å²) in [6.45, 7) is 18.1. The maximum atomic E-state index is 13.0. The van der Waals surface area contributed by atoms with E-state index < -0.39 is 11.7 Å². The van der Waals surface area contributed by atoms with Gasteiger partial charge < -0.3 is 20.4 Å². The summed E-state index contributed by atoms with van der Waals surface area (Å²) in [6, 6.07) is 74.9. The van der Waals surface area contributed by atoms with E-state index in [1.807, 2.05) is 128 Å². The minimum absolute atomic E-state index is 0.00579. The van der Waals surface area contributed by atoms with Gasteiger partial charge in [0.1, 0.15) is 46.2 Å². The molecule has 0 aliphatic carbocycles. The second-order valence-corrected chi connectivity index (χ2v) is 31.7. The fourth-order valence-corrected chi connectivity index (χ4v) is 15.7. The summed E-state index contributed by atoms with van der Waals surface area (Å²) in [5.74, 6) is 0.292. The first-order valence-electron chi connectivity index (χ1n) is 37.2. The molecular formula is C89H77Cl2F3N16O8S4. The lowest BCUT2D eigenvalue weighted by Gasteiger charge is -2.17. The Morgan fingerprint density at radius 1 is 0.369 bits per heavy atom. The summed E-state index contributed by atoms with van der Waals surface area (Å²) in [4.78, 5) is 50.5. The number of hydrogen-bond acceptors (Lipinski definition) is 24. The molecule has 0 bridgehead atoms. The van der Waals surface area contributed by atoms with Crippen molar-refractivity contribution in [2.24, 2.45) is 0 Å². The molecule has 24 nitrogen and oxygen atoms in total. The molecule has 4 aromatic heterocycles. The molecule has 0 saturated carbocycles. The molecule has 0 amide bonds. The topological polar surface area (TPSA) is 324 Å². The van der Waals surface area contributed by atoms with Crippen LogP contribution < -0.4 is 0 Å². The van der Waals surface area contributed by atoms with E-state index in [0.29, 0.717) is 94.9 Å². The van der Waals surface area contributed by atoms with Gasteiger partial charge in [-0.15, -0.1) is 20.4 Å². The Bertz CT molecular complexity index is 5950. The summed E-state index contributed by atoms with van der Waals surface area (Å²) in [5.41, 5.74) is 11.7. The number of aliphatic hydroxyl groups excluding tert-OH is 4. The zero-order chi connectivity index (χ0) is 86.8. The summed E-state index contributed by atoms with van der Waals surface area (Å²) < 4.78 is 44.4. The van der Waals surface area contributed by atoms with E-state index in [2.05, 4.69) is 126 Å². The zero-order valence-electron chi connectivity index (χ0n) is 65.4. The van der Waals surface area contributed by atoms with Crippen LogP contribution in [0, 0.1) is 13.8 Å². The third-order valence-electron chi connectivity index (χ3n) is 18.4. The van der Waals surface area contributed by atoms with Crippen molar-refractivity contribution < 1.29 is 52.8 Å². The maximum absolute atomic E-state index is 13.0. The Morgan fingerprint density at radius 2 is 0.697 bits per heavy atom. The monoisotopic (exact) mass is 1750 g/mol. The number of thioether (sulfide) groups is 4. The van der Waals surface area contributed by atoms with Crippen LogP contribution in [0.5, 0.6) is 0 Å². The van der Waals surface area contributed by atoms with Crippen molar-refractivity contribution in [3.8, 4) is 22.7 Å². The molecule has 620 valence electrons. The molecular weight excluding hydrogens is 1680 g/mol. The lowest BCUT2D eigenvalue weighted by atomic mass is 9.87. The highest BCUT2D eigenvalue weighted by molar-refractivity contribution is 8.00. The normalized spacial score (nSPS) is 11.0. The predicted octanol–water partition coefficient (Wildman–Crippen LogP) is 19.3. The number of carbonyl (C=O) groups excluding carboxylic acids is 4. The molecule has 0 saturated heterocycles. The quantitative estimate of drug-likeness (QED) is 0.0225. The molecule has 10 aromatic carbocycles. The molecule has 0 spiro atoms. The Kier molecular flexibility index (Phi) is 31.9.